The maximum atomic E-state index is 7.18. The summed E-state index contributed by atoms with van der Waals surface area (Å²) in [5.74, 6) is 0.0355. The second-order valence-corrected chi connectivity index (χ2v) is 2.49. The molecule has 0 atom stereocenters. The van der Waals surface area contributed by atoms with Crippen molar-refractivity contribution in [2.75, 3.05) is 0 Å². The number of hydrogen-bond donors (Lipinski definition) is 2. The molecule has 4 nitrogen and oxygen atoms in total. The van der Waals surface area contributed by atoms with Crippen molar-refractivity contribution >= 4 is 16.8 Å². The number of fused-ring (bicyclic) bond motifs is 1. The first kappa shape index (κ1) is 6.84. The van der Waals surface area contributed by atoms with Gasteiger partial charge in [0, 0.05) is 10.9 Å². The largest absolute Gasteiger partial charge is 0.384 e. The van der Waals surface area contributed by atoms with Crippen LogP contribution in [-0.2, 0) is 0 Å². The number of amidine groups is 1. The van der Waals surface area contributed by atoms with Crippen molar-refractivity contribution in [2.45, 2.75) is 0 Å². The van der Waals surface area contributed by atoms with Crippen molar-refractivity contribution in [3.63, 3.8) is 0 Å². The lowest BCUT2D eigenvalue weighted by Gasteiger charge is -1.94. The lowest BCUT2D eigenvalue weighted by Crippen LogP contribution is -2.10. The number of aromatic nitrogens is 1. The van der Waals surface area contributed by atoms with Gasteiger partial charge in [0.05, 0.1) is 6.20 Å². The smallest absolute Gasteiger partial charge is 0.167 e. The highest BCUT2D eigenvalue weighted by molar-refractivity contribution is 5.97. The maximum Gasteiger partial charge on any atom is 0.167 e. The Labute approximate surface area is 68.5 Å². The van der Waals surface area contributed by atoms with E-state index in [1.807, 2.05) is 6.07 Å². The van der Waals surface area contributed by atoms with E-state index >= 15 is 0 Å². The van der Waals surface area contributed by atoms with E-state index in [9.17, 15) is 0 Å². The number of hydrogen-bond acceptors (Lipinski definition) is 3. The van der Waals surface area contributed by atoms with E-state index in [1.165, 1.54) is 0 Å². The summed E-state index contributed by atoms with van der Waals surface area (Å²) >= 11 is 0. The molecular weight excluding hydrogens is 154 g/mol. The lowest BCUT2D eigenvalue weighted by molar-refractivity contribution is 0.456. The van der Waals surface area contributed by atoms with Gasteiger partial charge in [0.15, 0.2) is 5.58 Å². The van der Waals surface area contributed by atoms with Gasteiger partial charge in [-0.05, 0) is 12.1 Å². The average Bonchev–Trinajstić information content (AvgIpc) is 2.49. The molecule has 0 aliphatic rings. The van der Waals surface area contributed by atoms with Crippen LogP contribution in [-0.4, -0.2) is 11.0 Å². The van der Waals surface area contributed by atoms with Gasteiger partial charge in [-0.2, -0.15) is 0 Å². The summed E-state index contributed by atoms with van der Waals surface area (Å²) in [5, 5.41) is 11.7. The predicted molar refractivity (Wildman–Crippen MR) is 45.0 cm³/mol. The van der Waals surface area contributed by atoms with Gasteiger partial charge < -0.3 is 10.3 Å². The zero-order valence-corrected chi connectivity index (χ0v) is 6.24. The molecule has 0 aliphatic heterocycles. The molecule has 12 heavy (non-hydrogen) atoms. The minimum atomic E-state index is 0.0355. The number of nitrogens with one attached hydrogen (secondary N) is 1. The Bertz CT molecular complexity index is 433. The number of benzene rings is 1. The van der Waals surface area contributed by atoms with Crippen LogP contribution < -0.4 is 5.73 Å². The van der Waals surface area contributed by atoms with Gasteiger partial charge in [-0.1, -0.05) is 11.2 Å². The van der Waals surface area contributed by atoms with Crippen LogP contribution in [0.1, 0.15) is 5.56 Å². The number of nitrogen functional groups attached to an aromatic ring is 1. The molecule has 0 saturated carbocycles. The minimum Gasteiger partial charge on any atom is -0.384 e. The van der Waals surface area contributed by atoms with Crippen molar-refractivity contribution in [3.05, 3.63) is 30.0 Å². The molecule has 0 spiro atoms. The van der Waals surface area contributed by atoms with Gasteiger partial charge in [0.2, 0.25) is 0 Å². The summed E-state index contributed by atoms with van der Waals surface area (Å²) in [5.41, 5.74) is 6.60. The standard InChI is InChI=1S/C8H7N3O/c9-8(10)5-1-2-6-4-11-12-7(6)3-5/h1-4H,(H3,9,10). The third-order valence-corrected chi connectivity index (χ3v) is 1.67. The van der Waals surface area contributed by atoms with Gasteiger partial charge in [-0.25, -0.2) is 0 Å². The molecule has 2 aromatic rings. The minimum absolute atomic E-state index is 0.0355. The summed E-state index contributed by atoms with van der Waals surface area (Å²) in [4.78, 5) is 0. The Morgan fingerprint density at radius 1 is 1.50 bits per heavy atom. The summed E-state index contributed by atoms with van der Waals surface area (Å²) in [7, 11) is 0. The molecule has 1 aromatic carbocycles. The molecule has 0 unspecified atom stereocenters. The highest BCUT2D eigenvalue weighted by atomic mass is 16.5. The summed E-state index contributed by atoms with van der Waals surface area (Å²) in [6, 6.07) is 5.29. The second kappa shape index (κ2) is 2.34. The zero-order chi connectivity index (χ0) is 8.55. The molecule has 0 amide bonds. The molecule has 0 saturated heterocycles. The quantitative estimate of drug-likeness (QED) is 0.486. The van der Waals surface area contributed by atoms with E-state index in [4.69, 9.17) is 15.7 Å². The van der Waals surface area contributed by atoms with Crippen LogP contribution in [0.3, 0.4) is 0 Å². The van der Waals surface area contributed by atoms with Crippen molar-refractivity contribution < 1.29 is 4.52 Å². The van der Waals surface area contributed by atoms with Crippen LogP contribution in [0.4, 0.5) is 0 Å². The van der Waals surface area contributed by atoms with Gasteiger partial charge in [0.25, 0.3) is 0 Å². The Kier molecular flexibility index (Phi) is 1.33. The third kappa shape index (κ3) is 0.934. The number of nitrogens with zero attached hydrogens (tertiary/aromatic N) is 1. The second-order valence-electron chi connectivity index (χ2n) is 2.49. The highest BCUT2D eigenvalue weighted by Gasteiger charge is 2.01. The zero-order valence-electron chi connectivity index (χ0n) is 6.24. The van der Waals surface area contributed by atoms with E-state index in [0.29, 0.717) is 11.1 Å². The van der Waals surface area contributed by atoms with E-state index in [2.05, 4.69) is 5.16 Å². The first-order valence-corrected chi connectivity index (χ1v) is 3.46. The fourth-order valence-electron chi connectivity index (χ4n) is 1.03. The number of nitrogens with two attached hydrogens (primary N) is 1. The van der Waals surface area contributed by atoms with Gasteiger partial charge in [-0.15, -0.1) is 0 Å². The Morgan fingerprint density at radius 2 is 2.33 bits per heavy atom. The summed E-state index contributed by atoms with van der Waals surface area (Å²) in [6.45, 7) is 0. The van der Waals surface area contributed by atoms with Crippen LogP contribution in [0.15, 0.2) is 28.9 Å². The highest BCUT2D eigenvalue weighted by Crippen LogP contribution is 2.14. The summed E-state index contributed by atoms with van der Waals surface area (Å²) in [6.07, 6.45) is 1.62. The Balaban J connectivity index is 2.68. The van der Waals surface area contributed by atoms with Crippen molar-refractivity contribution in [1.29, 1.82) is 5.41 Å². The average molecular weight is 161 g/mol. The molecule has 2 rings (SSSR count). The van der Waals surface area contributed by atoms with Crippen LogP contribution in [0, 0.1) is 5.41 Å². The molecule has 3 N–H and O–H groups in total. The topological polar surface area (TPSA) is 75.9 Å². The molecule has 60 valence electrons. The molecular formula is C8H7N3O. The molecule has 1 aromatic heterocycles. The Morgan fingerprint density at radius 3 is 3.08 bits per heavy atom. The maximum absolute atomic E-state index is 7.18. The number of rotatable bonds is 1. The van der Waals surface area contributed by atoms with Crippen LogP contribution in [0.5, 0.6) is 0 Å². The molecule has 0 aliphatic carbocycles. The SMILES string of the molecule is N=C(N)c1ccc2cnoc2c1. The molecule has 1 heterocycles. The fraction of sp³-hybridized carbons (Fsp3) is 0. The lowest BCUT2D eigenvalue weighted by atomic mass is 10.1. The molecule has 4 heteroatoms. The van der Waals surface area contributed by atoms with E-state index < -0.39 is 0 Å². The normalized spacial score (nSPS) is 10.3. The summed E-state index contributed by atoms with van der Waals surface area (Å²) < 4.78 is 4.91. The Hall–Kier alpha value is -1.84. The molecule has 0 bridgehead atoms. The van der Waals surface area contributed by atoms with Crippen molar-refractivity contribution in [3.8, 4) is 0 Å². The molecule has 0 fully saturated rings. The first-order chi connectivity index (χ1) is 5.77. The van der Waals surface area contributed by atoms with Gasteiger partial charge in [-0.3, -0.25) is 5.41 Å². The van der Waals surface area contributed by atoms with E-state index in [1.54, 1.807) is 18.3 Å². The fourth-order valence-corrected chi connectivity index (χ4v) is 1.03. The molecule has 0 radical (unpaired) electrons. The van der Waals surface area contributed by atoms with Crippen LogP contribution in [0.25, 0.3) is 11.0 Å². The van der Waals surface area contributed by atoms with Crippen molar-refractivity contribution in [2.24, 2.45) is 5.73 Å². The first-order valence-electron chi connectivity index (χ1n) is 3.46. The predicted octanol–water partition coefficient (Wildman–Crippen LogP) is 1.11. The van der Waals surface area contributed by atoms with Gasteiger partial charge in [0.1, 0.15) is 5.84 Å². The van der Waals surface area contributed by atoms with Crippen LogP contribution >= 0.6 is 0 Å². The van der Waals surface area contributed by atoms with E-state index in [0.717, 1.165) is 5.39 Å². The van der Waals surface area contributed by atoms with Crippen LogP contribution in [0.2, 0.25) is 0 Å². The van der Waals surface area contributed by atoms with Crippen molar-refractivity contribution in [1.82, 2.24) is 5.16 Å². The van der Waals surface area contributed by atoms with Gasteiger partial charge >= 0.3 is 0 Å². The third-order valence-electron chi connectivity index (χ3n) is 1.67. The monoisotopic (exact) mass is 161 g/mol. The van der Waals surface area contributed by atoms with E-state index in [-0.39, 0.29) is 5.84 Å².